The number of esters is 2. The van der Waals surface area contributed by atoms with Gasteiger partial charge in [-0.25, -0.2) is 4.57 Å². The highest BCUT2D eigenvalue weighted by Crippen LogP contribution is 2.40. The van der Waals surface area contributed by atoms with Gasteiger partial charge in [-0.1, -0.05) is 194 Å². The number of aliphatic hydroxyl groups excluding tert-OH is 3. The fourth-order valence-electron chi connectivity index (χ4n) is 7.85. The Morgan fingerprint density at radius 3 is 1.38 bits per heavy atom. The molecule has 6 N–H and O–H groups in total. The topological polar surface area (TPSA) is 226 Å². The highest BCUT2D eigenvalue weighted by atomic mass is 31.2. The number of unbranched alkanes of at least 4 members (excludes halogenated alkanes) is 26. The van der Waals surface area contributed by atoms with E-state index in [4.69, 9.17) is 14.0 Å². The Morgan fingerprint density at radius 2 is 0.968 bits per heavy atom. The van der Waals surface area contributed by atoms with E-state index in [0.717, 1.165) is 70.6 Å². The summed E-state index contributed by atoms with van der Waals surface area (Å²) in [5.74, 6) is -2.29. The fourth-order valence-corrected chi connectivity index (χ4v) is 8.43. The minimum atomic E-state index is -5.42. The number of phosphoric acid groups is 1. The van der Waals surface area contributed by atoms with Gasteiger partial charge in [-0.05, 0) is 25.7 Å². The van der Waals surface area contributed by atoms with E-state index < -0.39 is 75.3 Å². The van der Waals surface area contributed by atoms with Crippen LogP contribution in [0.2, 0.25) is 0 Å². The van der Waals surface area contributed by atoms with Crippen LogP contribution in [0.4, 0.5) is 0 Å². The molecule has 0 rings (SSSR count). The average Bonchev–Trinajstić information content (AvgIpc) is 3.24. The smallest absolute Gasteiger partial charge is 0.462 e. The highest BCUT2D eigenvalue weighted by Gasteiger charge is 2.42. The second-order valence-electron chi connectivity index (χ2n) is 17.7. The standard InChI is InChI=1S/C48H92NO13P/c1-4-7-10-13-16-19-20-23-26-29-32-35-45(55)60-41(34-31-28-25-22-18-15-12-9-6-3)37-44(54)49-42(38-50)47(48(43(53)39-51)62-63(57,58)59)61-46(56)36-40(52)33-30-27-24-21-17-14-11-8-5-2/h38,40-43,47-48,51-53H,4-37,39H2,1-3H3,(H,49,54)(H2,57,58,59)/t40-,41-,42+,43-,47-,48-/m1/s1. The molecule has 0 heterocycles. The van der Waals surface area contributed by atoms with Crippen molar-refractivity contribution in [3.8, 4) is 0 Å². The quantitative estimate of drug-likeness (QED) is 0.0145. The van der Waals surface area contributed by atoms with E-state index in [2.05, 4.69) is 26.1 Å². The zero-order valence-corrected chi connectivity index (χ0v) is 40.6. The van der Waals surface area contributed by atoms with Crippen LogP contribution in [0.5, 0.6) is 0 Å². The molecule has 0 radical (unpaired) electrons. The summed E-state index contributed by atoms with van der Waals surface area (Å²) in [6, 6.07) is -1.81. The summed E-state index contributed by atoms with van der Waals surface area (Å²) >= 11 is 0. The van der Waals surface area contributed by atoms with E-state index in [1.54, 1.807) is 0 Å². The third-order valence-electron chi connectivity index (χ3n) is 11.6. The molecule has 0 bridgehead atoms. The van der Waals surface area contributed by atoms with Gasteiger partial charge < -0.3 is 44.7 Å². The van der Waals surface area contributed by atoms with Crippen molar-refractivity contribution in [3.63, 3.8) is 0 Å². The molecule has 0 saturated heterocycles. The van der Waals surface area contributed by atoms with Crippen LogP contribution >= 0.6 is 7.82 Å². The number of amides is 1. The summed E-state index contributed by atoms with van der Waals surface area (Å²) in [7, 11) is -5.42. The number of aliphatic hydroxyl groups is 3. The van der Waals surface area contributed by atoms with Crippen LogP contribution in [0.1, 0.15) is 239 Å². The van der Waals surface area contributed by atoms with Crippen molar-refractivity contribution in [2.24, 2.45) is 0 Å². The molecule has 0 aliphatic rings. The maximum Gasteiger partial charge on any atom is 0.470 e. The molecule has 0 saturated carbocycles. The molecular formula is C48H92NO13P. The van der Waals surface area contributed by atoms with Gasteiger partial charge in [0, 0.05) is 6.42 Å². The predicted molar refractivity (Wildman–Crippen MR) is 248 cm³/mol. The molecule has 0 spiro atoms. The average molecular weight is 922 g/mol. The zero-order valence-electron chi connectivity index (χ0n) is 39.7. The first kappa shape index (κ1) is 61.1. The number of carbonyl (C=O) groups is 4. The molecule has 0 aromatic carbocycles. The van der Waals surface area contributed by atoms with Gasteiger partial charge in [0.25, 0.3) is 0 Å². The van der Waals surface area contributed by atoms with Crippen molar-refractivity contribution in [2.75, 3.05) is 6.61 Å². The van der Waals surface area contributed by atoms with Crippen molar-refractivity contribution < 1.29 is 62.8 Å². The summed E-state index contributed by atoms with van der Waals surface area (Å²) in [6.07, 6.45) is 23.6. The van der Waals surface area contributed by atoms with Crippen LogP contribution in [-0.2, 0) is 37.7 Å². The minimum Gasteiger partial charge on any atom is -0.462 e. The molecule has 0 aromatic heterocycles. The molecule has 15 heteroatoms. The molecule has 1 amide bonds. The number of nitrogens with one attached hydrogen (secondary N) is 1. The molecule has 372 valence electrons. The predicted octanol–water partition coefficient (Wildman–Crippen LogP) is 10.0. The molecule has 6 atom stereocenters. The molecule has 0 unspecified atom stereocenters. The third-order valence-corrected chi connectivity index (χ3v) is 12.1. The maximum absolute atomic E-state index is 13.5. The lowest BCUT2D eigenvalue weighted by Gasteiger charge is -2.33. The van der Waals surface area contributed by atoms with E-state index >= 15 is 0 Å². The van der Waals surface area contributed by atoms with Crippen molar-refractivity contribution in [1.29, 1.82) is 0 Å². The summed E-state index contributed by atoms with van der Waals surface area (Å²) in [5, 5.41) is 33.3. The van der Waals surface area contributed by atoms with Crippen LogP contribution in [-0.4, -0.2) is 92.4 Å². The minimum absolute atomic E-state index is 0.169. The maximum atomic E-state index is 13.5. The van der Waals surface area contributed by atoms with E-state index in [1.165, 1.54) is 96.3 Å². The van der Waals surface area contributed by atoms with E-state index in [0.29, 0.717) is 25.7 Å². The highest BCUT2D eigenvalue weighted by molar-refractivity contribution is 7.46. The lowest BCUT2D eigenvalue weighted by atomic mass is 10.0. The first-order valence-corrected chi connectivity index (χ1v) is 26.7. The summed E-state index contributed by atoms with van der Waals surface area (Å²) in [5.41, 5.74) is 0. The van der Waals surface area contributed by atoms with E-state index in [1.807, 2.05) is 0 Å². The summed E-state index contributed by atoms with van der Waals surface area (Å²) < 4.78 is 27.9. The summed E-state index contributed by atoms with van der Waals surface area (Å²) in [6.45, 7) is 5.46. The Balaban J connectivity index is 5.63. The monoisotopic (exact) mass is 922 g/mol. The zero-order chi connectivity index (χ0) is 47.0. The lowest BCUT2D eigenvalue weighted by molar-refractivity contribution is -0.167. The molecule has 0 aliphatic heterocycles. The van der Waals surface area contributed by atoms with Gasteiger partial charge >= 0.3 is 19.8 Å². The van der Waals surface area contributed by atoms with Gasteiger partial charge in [0.2, 0.25) is 5.91 Å². The van der Waals surface area contributed by atoms with Gasteiger partial charge in [-0.2, -0.15) is 0 Å². The second-order valence-corrected chi connectivity index (χ2v) is 18.9. The van der Waals surface area contributed by atoms with Gasteiger partial charge in [0.05, 0.1) is 25.6 Å². The normalized spacial score (nSPS) is 14.7. The Labute approximate surface area is 381 Å². The molecule has 0 aromatic rings. The van der Waals surface area contributed by atoms with Crippen molar-refractivity contribution in [3.05, 3.63) is 0 Å². The van der Waals surface area contributed by atoms with Crippen molar-refractivity contribution in [2.45, 2.75) is 276 Å². The first-order valence-electron chi connectivity index (χ1n) is 25.2. The number of hydrogen-bond acceptors (Lipinski definition) is 11. The van der Waals surface area contributed by atoms with Crippen molar-refractivity contribution in [1.82, 2.24) is 5.32 Å². The van der Waals surface area contributed by atoms with Gasteiger partial charge in [0.1, 0.15) is 30.6 Å². The van der Waals surface area contributed by atoms with Crippen LogP contribution in [0, 0.1) is 0 Å². The third kappa shape index (κ3) is 36.9. The number of aldehydes is 1. The number of hydrogen-bond donors (Lipinski definition) is 6. The van der Waals surface area contributed by atoms with Gasteiger partial charge in [-0.15, -0.1) is 0 Å². The molecular weight excluding hydrogens is 829 g/mol. The van der Waals surface area contributed by atoms with E-state index in [-0.39, 0.29) is 25.5 Å². The molecule has 14 nitrogen and oxygen atoms in total. The number of rotatable bonds is 46. The molecule has 0 aliphatic carbocycles. The second kappa shape index (κ2) is 41.5. The van der Waals surface area contributed by atoms with Crippen LogP contribution in [0.25, 0.3) is 0 Å². The fraction of sp³-hybridized carbons (Fsp3) is 0.917. The number of ether oxygens (including phenoxy) is 2. The van der Waals surface area contributed by atoms with Gasteiger partial charge in [-0.3, -0.25) is 18.9 Å². The van der Waals surface area contributed by atoms with Crippen LogP contribution in [0.3, 0.4) is 0 Å². The Kier molecular flexibility index (Phi) is 40.2. The van der Waals surface area contributed by atoms with E-state index in [9.17, 15) is 48.8 Å². The molecule has 63 heavy (non-hydrogen) atoms. The Hall–Kier alpha value is -1.93. The van der Waals surface area contributed by atoms with Crippen LogP contribution in [0.15, 0.2) is 0 Å². The first-order chi connectivity index (χ1) is 30.3. The lowest BCUT2D eigenvalue weighted by Crippen LogP contribution is -2.56. The molecule has 0 fully saturated rings. The Morgan fingerprint density at radius 1 is 0.556 bits per heavy atom. The Bertz CT molecular complexity index is 1170. The summed E-state index contributed by atoms with van der Waals surface area (Å²) in [4.78, 5) is 71.5. The van der Waals surface area contributed by atoms with Crippen molar-refractivity contribution >= 4 is 32.0 Å². The SMILES string of the molecule is CCCCCCCCCCCCCC(=O)O[C@H](CCCCCCCCCCC)CC(=O)N[C@@H](C=O)[C@@H](OC(=O)C[C@H](O)CCCCCCCCCCC)[C@H](OP(=O)(O)O)[C@H](O)CO. The van der Waals surface area contributed by atoms with Gasteiger partial charge in [0.15, 0.2) is 6.10 Å². The largest absolute Gasteiger partial charge is 0.470 e. The number of carbonyl (C=O) groups excluding carboxylic acids is 4. The van der Waals surface area contributed by atoms with Crippen LogP contribution < -0.4 is 5.32 Å². The number of phosphoric ester groups is 1.